The number of fused-ring (bicyclic) bond motifs is 2. The molecule has 0 saturated heterocycles. The Hall–Kier alpha value is -1.90. The summed E-state index contributed by atoms with van der Waals surface area (Å²) in [6, 6.07) is 6.45. The van der Waals surface area contributed by atoms with E-state index in [-0.39, 0.29) is 17.6 Å². The summed E-state index contributed by atoms with van der Waals surface area (Å²) in [6.45, 7) is 4.57. The van der Waals surface area contributed by atoms with Crippen LogP contribution in [-0.2, 0) is 0 Å². The summed E-state index contributed by atoms with van der Waals surface area (Å²) in [7, 11) is 0. The molecule has 4 rings (SSSR count). The van der Waals surface area contributed by atoms with Crippen molar-refractivity contribution in [2.75, 3.05) is 6.61 Å². The second-order valence-corrected chi connectivity index (χ2v) is 10.4. The van der Waals surface area contributed by atoms with Gasteiger partial charge in [0.05, 0.1) is 0 Å². The van der Waals surface area contributed by atoms with Crippen LogP contribution < -0.4 is 4.74 Å². The Balaban J connectivity index is 1.42. The molecule has 4 atom stereocenters. The molecule has 3 heteroatoms. The molecule has 0 spiro atoms. The zero-order valence-electron chi connectivity index (χ0n) is 20.4. The molecule has 0 amide bonds. The highest BCUT2D eigenvalue weighted by Crippen LogP contribution is 2.49. The van der Waals surface area contributed by atoms with Gasteiger partial charge in [0.1, 0.15) is 24.0 Å². The Morgan fingerprint density at radius 3 is 2.55 bits per heavy atom. The number of allylic oxidation sites excluding steroid dienone is 1. The van der Waals surface area contributed by atoms with E-state index in [1.807, 2.05) is 19.1 Å². The number of unbranched alkanes of at least 4 members (excludes halogenated alkanes) is 3. The van der Waals surface area contributed by atoms with Crippen molar-refractivity contribution in [3.63, 3.8) is 0 Å². The van der Waals surface area contributed by atoms with Gasteiger partial charge in [0.15, 0.2) is 0 Å². The molecule has 180 valence electrons. The first-order valence-corrected chi connectivity index (χ1v) is 13.3. The Morgan fingerprint density at radius 2 is 1.73 bits per heavy atom. The topological polar surface area (TPSA) is 9.23 Å². The number of benzene rings is 2. The maximum atomic E-state index is 15.2. The van der Waals surface area contributed by atoms with Gasteiger partial charge in [-0.2, -0.15) is 0 Å². The van der Waals surface area contributed by atoms with Gasteiger partial charge in [0.2, 0.25) is 0 Å². The molecule has 33 heavy (non-hydrogen) atoms. The summed E-state index contributed by atoms with van der Waals surface area (Å²) < 4.78 is 35.6. The minimum absolute atomic E-state index is 0.194. The van der Waals surface area contributed by atoms with Gasteiger partial charge in [-0.15, -0.1) is 0 Å². The molecule has 0 aliphatic heterocycles. The molecule has 2 aromatic rings. The van der Waals surface area contributed by atoms with Gasteiger partial charge in [-0.25, -0.2) is 8.78 Å². The van der Waals surface area contributed by atoms with Gasteiger partial charge in [0.25, 0.3) is 0 Å². The molecule has 4 unspecified atom stereocenters. The monoisotopic (exact) mass is 454 g/mol. The third kappa shape index (κ3) is 5.97. The van der Waals surface area contributed by atoms with Crippen LogP contribution in [0.3, 0.4) is 0 Å². The van der Waals surface area contributed by atoms with E-state index in [9.17, 15) is 4.39 Å². The lowest BCUT2D eigenvalue weighted by Crippen LogP contribution is -2.30. The molecule has 2 saturated carbocycles. The van der Waals surface area contributed by atoms with Gasteiger partial charge in [-0.3, -0.25) is 0 Å². The van der Waals surface area contributed by atoms with Crippen molar-refractivity contribution in [1.82, 2.24) is 0 Å². The molecule has 0 radical (unpaired) electrons. The minimum atomic E-state index is -0.332. The molecule has 0 aromatic heterocycles. The molecule has 0 heterocycles. The van der Waals surface area contributed by atoms with Crippen LogP contribution in [0.2, 0.25) is 0 Å². The van der Waals surface area contributed by atoms with Gasteiger partial charge in [0, 0.05) is 11.5 Å². The van der Waals surface area contributed by atoms with Crippen molar-refractivity contribution in [3.8, 4) is 5.75 Å². The third-order valence-electron chi connectivity index (χ3n) is 8.20. The summed E-state index contributed by atoms with van der Waals surface area (Å²) in [5.74, 6) is 2.54. The molecular weight excluding hydrogens is 414 g/mol. The number of halogens is 2. The van der Waals surface area contributed by atoms with Crippen LogP contribution in [0.4, 0.5) is 8.78 Å². The van der Waals surface area contributed by atoms with E-state index in [0.29, 0.717) is 34.6 Å². The fourth-order valence-corrected chi connectivity index (χ4v) is 6.36. The van der Waals surface area contributed by atoms with Gasteiger partial charge < -0.3 is 4.74 Å². The van der Waals surface area contributed by atoms with Crippen molar-refractivity contribution >= 4 is 10.8 Å². The third-order valence-corrected chi connectivity index (χ3v) is 8.20. The summed E-state index contributed by atoms with van der Waals surface area (Å²) in [5, 5.41) is 1.08. The summed E-state index contributed by atoms with van der Waals surface area (Å²) in [5.41, 5.74) is 0.712. The van der Waals surface area contributed by atoms with E-state index >= 15 is 4.39 Å². The highest BCUT2D eigenvalue weighted by Gasteiger charge is 2.36. The highest BCUT2D eigenvalue weighted by molar-refractivity contribution is 5.85. The maximum Gasteiger partial charge on any atom is 0.134 e. The van der Waals surface area contributed by atoms with Gasteiger partial charge >= 0.3 is 0 Å². The van der Waals surface area contributed by atoms with Crippen LogP contribution in [0.1, 0.15) is 96.0 Å². The van der Waals surface area contributed by atoms with Gasteiger partial charge in [-0.05, 0) is 91.8 Å². The molecule has 2 aliphatic carbocycles. The van der Waals surface area contributed by atoms with E-state index in [1.54, 1.807) is 12.1 Å². The molecule has 2 aliphatic rings. The van der Waals surface area contributed by atoms with E-state index in [4.69, 9.17) is 4.74 Å². The van der Waals surface area contributed by atoms with Crippen LogP contribution in [0, 0.1) is 29.4 Å². The molecule has 2 fully saturated rings. The lowest BCUT2D eigenvalue weighted by atomic mass is 9.63. The van der Waals surface area contributed by atoms with Crippen LogP contribution in [0.5, 0.6) is 5.75 Å². The van der Waals surface area contributed by atoms with Crippen molar-refractivity contribution in [2.45, 2.75) is 90.4 Å². The lowest BCUT2D eigenvalue weighted by molar-refractivity contribution is 0.112. The first-order valence-electron chi connectivity index (χ1n) is 13.3. The highest BCUT2D eigenvalue weighted by atomic mass is 19.1. The summed E-state index contributed by atoms with van der Waals surface area (Å²) >= 11 is 0. The van der Waals surface area contributed by atoms with E-state index in [0.717, 1.165) is 24.7 Å². The Morgan fingerprint density at radius 1 is 0.909 bits per heavy atom. The van der Waals surface area contributed by atoms with Crippen LogP contribution >= 0.6 is 0 Å². The smallest absolute Gasteiger partial charge is 0.134 e. The average molecular weight is 455 g/mol. The molecule has 0 N–H and O–H groups in total. The van der Waals surface area contributed by atoms with E-state index < -0.39 is 0 Å². The van der Waals surface area contributed by atoms with E-state index in [2.05, 4.69) is 6.92 Å². The van der Waals surface area contributed by atoms with Crippen LogP contribution in [0.25, 0.3) is 10.8 Å². The van der Waals surface area contributed by atoms with Crippen molar-refractivity contribution in [2.24, 2.45) is 17.8 Å². The number of ether oxygens (including phenoxy) is 1. The number of hydrogen-bond donors (Lipinski definition) is 0. The fourth-order valence-electron chi connectivity index (χ4n) is 6.36. The second-order valence-electron chi connectivity index (χ2n) is 10.4. The van der Waals surface area contributed by atoms with Crippen LogP contribution in [-0.4, -0.2) is 6.61 Å². The maximum absolute atomic E-state index is 15.2. The second kappa shape index (κ2) is 11.5. The largest absolute Gasteiger partial charge is 0.489 e. The zero-order valence-corrected chi connectivity index (χ0v) is 20.4. The SMILES string of the molecule is CC=CCOc1cc(F)c2cc(C3CCC4CC(CCCCCC)CCC4C3)c(F)cc2c1. The normalized spacial score (nSPS) is 25.5. The summed E-state index contributed by atoms with van der Waals surface area (Å²) in [4.78, 5) is 0. The van der Waals surface area contributed by atoms with Crippen molar-refractivity contribution in [3.05, 3.63) is 53.6 Å². The summed E-state index contributed by atoms with van der Waals surface area (Å²) in [6.07, 6.45) is 17.8. The van der Waals surface area contributed by atoms with Gasteiger partial charge in [-0.1, -0.05) is 57.6 Å². The predicted molar refractivity (Wildman–Crippen MR) is 134 cm³/mol. The van der Waals surface area contributed by atoms with Crippen molar-refractivity contribution < 1.29 is 13.5 Å². The Labute approximate surface area is 198 Å². The van der Waals surface area contributed by atoms with Crippen molar-refractivity contribution in [1.29, 1.82) is 0 Å². The fraction of sp³-hybridized carbons (Fsp3) is 0.600. The van der Waals surface area contributed by atoms with E-state index in [1.165, 1.54) is 69.9 Å². The Bertz CT molecular complexity index is 950. The number of rotatable bonds is 9. The molecule has 2 aromatic carbocycles. The first kappa shape index (κ1) is 24.2. The quantitative estimate of drug-likeness (QED) is 0.271. The predicted octanol–water partition coefficient (Wildman–Crippen LogP) is 9.34. The first-order chi connectivity index (χ1) is 16.1. The Kier molecular flexibility index (Phi) is 8.44. The molecule has 0 bridgehead atoms. The van der Waals surface area contributed by atoms with Crippen LogP contribution in [0.15, 0.2) is 36.4 Å². The minimum Gasteiger partial charge on any atom is -0.489 e. The zero-order chi connectivity index (χ0) is 23.2. The molecular formula is C30H40F2O. The molecule has 1 nitrogen and oxygen atoms in total. The number of hydrogen-bond acceptors (Lipinski definition) is 1. The average Bonchev–Trinajstić information content (AvgIpc) is 2.81. The standard InChI is InChI=1S/C30H40F2O/c1-3-5-7-8-9-21-10-11-23-16-24(13-12-22(23)15-21)27-20-28-25(18-29(27)31)17-26(19-30(28)32)33-14-6-4-2/h4,6,17-24H,3,5,7-16H2,1-2H3. The lowest BCUT2D eigenvalue weighted by Gasteiger charge is -2.42.